The smallest absolute Gasteiger partial charge is 0.245 e. The number of nitrogens with zero attached hydrogens (tertiary/aromatic N) is 2. The van der Waals surface area contributed by atoms with Gasteiger partial charge < -0.3 is 16.4 Å². The fourth-order valence-electron chi connectivity index (χ4n) is 1.62. The van der Waals surface area contributed by atoms with E-state index in [1.54, 1.807) is 11.3 Å². The van der Waals surface area contributed by atoms with Gasteiger partial charge in [0.15, 0.2) is 5.13 Å². The van der Waals surface area contributed by atoms with Crippen molar-refractivity contribution in [2.45, 2.75) is 13.8 Å². The Kier molecular flexibility index (Phi) is 4.99. The number of nitrogens with one attached hydrogen (secondary N) is 2. The van der Waals surface area contributed by atoms with Crippen molar-refractivity contribution in [2.75, 3.05) is 18.4 Å². The second-order valence-electron chi connectivity index (χ2n) is 4.21. The standard InChI is InChI=1S/C12H15N5O2S2/c1-6-11(21-7(2)15-6)8-5-20-12(16-8)17-10(19)4-14-9(18)3-13/h5H,3-4,13H2,1-2H3,(H,14,18)(H,16,17,19). The quantitative estimate of drug-likeness (QED) is 0.756. The van der Waals surface area contributed by atoms with Crippen LogP contribution in [0.4, 0.5) is 5.13 Å². The summed E-state index contributed by atoms with van der Waals surface area (Å²) in [6.45, 7) is 3.61. The number of nitrogens with two attached hydrogens (primary N) is 1. The van der Waals surface area contributed by atoms with Crippen molar-refractivity contribution >= 4 is 39.6 Å². The number of carbonyl (C=O) groups excluding carboxylic acids is 2. The Morgan fingerprint density at radius 3 is 2.67 bits per heavy atom. The summed E-state index contributed by atoms with van der Waals surface area (Å²) in [4.78, 5) is 32.3. The van der Waals surface area contributed by atoms with E-state index < -0.39 is 0 Å². The van der Waals surface area contributed by atoms with E-state index in [0.717, 1.165) is 21.3 Å². The van der Waals surface area contributed by atoms with Gasteiger partial charge in [-0.15, -0.1) is 22.7 Å². The SMILES string of the molecule is Cc1nc(C)c(-c2csc(NC(=O)CNC(=O)CN)n2)s1. The molecule has 0 saturated heterocycles. The summed E-state index contributed by atoms with van der Waals surface area (Å²) in [5, 5.41) is 8.37. The van der Waals surface area contributed by atoms with Crippen LogP contribution < -0.4 is 16.4 Å². The van der Waals surface area contributed by atoms with Gasteiger partial charge in [0, 0.05) is 5.38 Å². The molecule has 0 aliphatic heterocycles. The molecule has 2 amide bonds. The molecule has 0 bridgehead atoms. The molecule has 7 nitrogen and oxygen atoms in total. The van der Waals surface area contributed by atoms with Gasteiger partial charge in [-0.25, -0.2) is 9.97 Å². The zero-order chi connectivity index (χ0) is 15.4. The number of anilines is 1. The van der Waals surface area contributed by atoms with Crippen LogP contribution in [0, 0.1) is 13.8 Å². The lowest BCUT2D eigenvalue weighted by atomic mass is 10.3. The molecule has 0 saturated carbocycles. The van der Waals surface area contributed by atoms with Gasteiger partial charge in [-0.2, -0.15) is 0 Å². The maximum Gasteiger partial charge on any atom is 0.245 e. The lowest BCUT2D eigenvalue weighted by Gasteiger charge is -2.02. The Hall–Kier alpha value is -1.84. The highest BCUT2D eigenvalue weighted by molar-refractivity contribution is 7.16. The van der Waals surface area contributed by atoms with E-state index in [0.29, 0.717) is 5.13 Å². The summed E-state index contributed by atoms with van der Waals surface area (Å²) in [6, 6.07) is 0. The summed E-state index contributed by atoms with van der Waals surface area (Å²) < 4.78 is 0. The molecule has 4 N–H and O–H groups in total. The van der Waals surface area contributed by atoms with Crippen molar-refractivity contribution in [3.05, 3.63) is 16.1 Å². The minimum atomic E-state index is -0.374. The second-order valence-corrected chi connectivity index (χ2v) is 6.28. The molecule has 0 unspecified atom stereocenters. The first-order chi connectivity index (χ1) is 9.99. The molecule has 2 aromatic heterocycles. The minimum Gasteiger partial charge on any atom is -0.346 e. The minimum absolute atomic E-state index is 0.121. The molecule has 0 fully saturated rings. The summed E-state index contributed by atoms with van der Waals surface area (Å²) in [5.74, 6) is -0.712. The molecule has 21 heavy (non-hydrogen) atoms. The van der Waals surface area contributed by atoms with Gasteiger partial charge in [0.25, 0.3) is 0 Å². The number of aryl methyl sites for hydroxylation is 2. The Bertz CT molecular complexity index is 664. The highest BCUT2D eigenvalue weighted by Crippen LogP contribution is 2.31. The molecule has 0 aromatic carbocycles. The van der Waals surface area contributed by atoms with Crippen molar-refractivity contribution in [1.29, 1.82) is 0 Å². The van der Waals surface area contributed by atoms with E-state index in [9.17, 15) is 9.59 Å². The van der Waals surface area contributed by atoms with Crippen LogP contribution in [-0.4, -0.2) is 34.9 Å². The molecule has 2 aromatic rings. The van der Waals surface area contributed by atoms with Crippen molar-refractivity contribution in [3.63, 3.8) is 0 Å². The number of hydrogen-bond donors (Lipinski definition) is 3. The Labute approximate surface area is 129 Å². The van der Waals surface area contributed by atoms with Gasteiger partial charge in [-0.1, -0.05) is 0 Å². The summed E-state index contributed by atoms with van der Waals surface area (Å²) in [6.07, 6.45) is 0. The van der Waals surface area contributed by atoms with E-state index in [2.05, 4.69) is 20.6 Å². The van der Waals surface area contributed by atoms with Crippen LogP contribution in [0.1, 0.15) is 10.7 Å². The number of rotatable bonds is 5. The molecule has 112 valence electrons. The van der Waals surface area contributed by atoms with Crippen LogP contribution in [0.25, 0.3) is 10.6 Å². The van der Waals surface area contributed by atoms with Crippen LogP contribution in [0.2, 0.25) is 0 Å². The van der Waals surface area contributed by atoms with Crippen molar-refractivity contribution in [2.24, 2.45) is 5.73 Å². The van der Waals surface area contributed by atoms with Crippen LogP contribution in [-0.2, 0) is 9.59 Å². The van der Waals surface area contributed by atoms with E-state index in [4.69, 9.17) is 5.73 Å². The molecule has 2 rings (SSSR count). The third-order valence-corrected chi connectivity index (χ3v) is 4.37. The fourth-order valence-corrected chi connectivity index (χ4v) is 3.29. The first-order valence-electron chi connectivity index (χ1n) is 6.16. The zero-order valence-corrected chi connectivity index (χ0v) is 13.2. The molecule has 2 heterocycles. The second kappa shape index (κ2) is 6.74. The largest absolute Gasteiger partial charge is 0.346 e. The molecule has 0 aliphatic carbocycles. The van der Waals surface area contributed by atoms with Crippen LogP contribution in [0.5, 0.6) is 0 Å². The van der Waals surface area contributed by atoms with Gasteiger partial charge in [-0.05, 0) is 13.8 Å². The summed E-state index contributed by atoms with van der Waals surface area (Å²) in [5.41, 5.74) is 6.86. The number of amides is 2. The van der Waals surface area contributed by atoms with Gasteiger partial charge in [0.05, 0.1) is 34.4 Å². The zero-order valence-electron chi connectivity index (χ0n) is 11.6. The first-order valence-corrected chi connectivity index (χ1v) is 7.85. The molecule has 0 aliphatic rings. The summed E-state index contributed by atoms with van der Waals surface area (Å²) >= 11 is 2.90. The average Bonchev–Trinajstić information content (AvgIpc) is 3.02. The van der Waals surface area contributed by atoms with Crippen molar-refractivity contribution < 1.29 is 9.59 Å². The van der Waals surface area contributed by atoms with E-state index in [1.807, 2.05) is 19.2 Å². The van der Waals surface area contributed by atoms with Gasteiger partial charge in [-0.3, -0.25) is 9.59 Å². The number of thiazole rings is 2. The predicted molar refractivity (Wildman–Crippen MR) is 83.4 cm³/mol. The normalized spacial score (nSPS) is 10.4. The third-order valence-electron chi connectivity index (χ3n) is 2.52. The number of hydrogen-bond acceptors (Lipinski definition) is 7. The lowest BCUT2D eigenvalue weighted by Crippen LogP contribution is -2.36. The lowest BCUT2D eigenvalue weighted by molar-refractivity contribution is -0.123. The van der Waals surface area contributed by atoms with Crippen LogP contribution in [0.15, 0.2) is 5.38 Å². The molecule has 0 atom stereocenters. The maximum absolute atomic E-state index is 11.6. The maximum atomic E-state index is 11.6. The molecule has 9 heteroatoms. The number of aromatic nitrogens is 2. The predicted octanol–water partition coefficient (Wildman–Crippen LogP) is 0.897. The van der Waals surface area contributed by atoms with E-state index in [-0.39, 0.29) is 24.9 Å². The number of carbonyl (C=O) groups is 2. The Morgan fingerprint density at radius 1 is 1.29 bits per heavy atom. The molecular weight excluding hydrogens is 310 g/mol. The van der Waals surface area contributed by atoms with Crippen molar-refractivity contribution in [1.82, 2.24) is 15.3 Å². The van der Waals surface area contributed by atoms with E-state index >= 15 is 0 Å². The molecule has 0 radical (unpaired) electrons. The fraction of sp³-hybridized carbons (Fsp3) is 0.333. The molecular formula is C12H15N5O2S2. The van der Waals surface area contributed by atoms with Gasteiger partial charge in [0.1, 0.15) is 0 Å². The van der Waals surface area contributed by atoms with Crippen molar-refractivity contribution in [3.8, 4) is 10.6 Å². The average molecular weight is 325 g/mol. The first kappa shape index (κ1) is 15.5. The van der Waals surface area contributed by atoms with Crippen LogP contribution >= 0.6 is 22.7 Å². The van der Waals surface area contributed by atoms with E-state index in [1.165, 1.54) is 11.3 Å². The topological polar surface area (TPSA) is 110 Å². The summed E-state index contributed by atoms with van der Waals surface area (Å²) in [7, 11) is 0. The monoisotopic (exact) mass is 325 g/mol. The Balaban J connectivity index is 1.99. The highest BCUT2D eigenvalue weighted by Gasteiger charge is 2.13. The third kappa shape index (κ3) is 4.06. The Morgan fingerprint density at radius 2 is 2.05 bits per heavy atom. The molecule has 0 spiro atoms. The van der Waals surface area contributed by atoms with Gasteiger partial charge >= 0.3 is 0 Å². The van der Waals surface area contributed by atoms with Gasteiger partial charge in [0.2, 0.25) is 11.8 Å². The highest BCUT2D eigenvalue weighted by atomic mass is 32.1. The van der Waals surface area contributed by atoms with Crippen LogP contribution in [0.3, 0.4) is 0 Å².